The normalized spacial score (nSPS) is 18.1. The first-order chi connectivity index (χ1) is 10.3. The fourth-order valence-electron chi connectivity index (χ4n) is 3.13. The van der Waals surface area contributed by atoms with Crippen molar-refractivity contribution in [1.82, 2.24) is 10.3 Å². The molecule has 0 saturated carbocycles. The van der Waals surface area contributed by atoms with Gasteiger partial charge in [-0.2, -0.15) is 11.8 Å². The van der Waals surface area contributed by atoms with E-state index in [1.54, 1.807) is 0 Å². The van der Waals surface area contributed by atoms with Gasteiger partial charge in [0.15, 0.2) is 0 Å². The molecule has 1 N–H and O–H groups in total. The number of aromatic nitrogens is 1. The van der Waals surface area contributed by atoms with Gasteiger partial charge in [0.25, 0.3) is 0 Å². The van der Waals surface area contributed by atoms with Crippen molar-refractivity contribution in [2.45, 2.75) is 38.6 Å². The van der Waals surface area contributed by atoms with Gasteiger partial charge in [-0.1, -0.05) is 19.1 Å². The van der Waals surface area contributed by atoms with Crippen LogP contribution in [0.2, 0.25) is 0 Å². The van der Waals surface area contributed by atoms with Gasteiger partial charge in [0, 0.05) is 12.5 Å². The van der Waals surface area contributed by atoms with Gasteiger partial charge in [0.05, 0.1) is 15.2 Å². The summed E-state index contributed by atoms with van der Waals surface area (Å²) in [5, 5.41) is 4.97. The molecule has 3 rings (SSSR count). The van der Waals surface area contributed by atoms with Crippen LogP contribution in [0, 0.1) is 5.92 Å². The van der Waals surface area contributed by atoms with Gasteiger partial charge in [-0.3, -0.25) is 0 Å². The van der Waals surface area contributed by atoms with Crippen LogP contribution >= 0.6 is 23.1 Å². The Morgan fingerprint density at radius 2 is 2.10 bits per heavy atom. The van der Waals surface area contributed by atoms with Crippen molar-refractivity contribution in [1.29, 1.82) is 0 Å². The van der Waals surface area contributed by atoms with Crippen LogP contribution in [0.5, 0.6) is 0 Å². The Balaban J connectivity index is 1.65. The monoisotopic (exact) mass is 320 g/mol. The minimum Gasteiger partial charge on any atom is -0.314 e. The molecule has 21 heavy (non-hydrogen) atoms. The number of thiazole rings is 1. The molecule has 1 fully saturated rings. The molecule has 1 atom stereocenters. The van der Waals surface area contributed by atoms with Crippen molar-refractivity contribution in [2.75, 3.05) is 18.1 Å². The molecule has 4 heteroatoms. The molecule has 0 bridgehead atoms. The van der Waals surface area contributed by atoms with Gasteiger partial charge in [-0.25, -0.2) is 4.98 Å². The largest absolute Gasteiger partial charge is 0.314 e. The zero-order valence-electron chi connectivity index (χ0n) is 12.7. The summed E-state index contributed by atoms with van der Waals surface area (Å²) in [5.41, 5.74) is 1.15. The lowest BCUT2D eigenvalue weighted by atomic mass is 9.93. The molecule has 0 aliphatic carbocycles. The zero-order valence-corrected chi connectivity index (χ0v) is 14.3. The van der Waals surface area contributed by atoms with Gasteiger partial charge in [0.1, 0.15) is 0 Å². The lowest BCUT2D eigenvalue weighted by Gasteiger charge is -2.26. The van der Waals surface area contributed by atoms with E-state index in [4.69, 9.17) is 4.98 Å². The summed E-state index contributed by atoms with van der Waals surface area (Å²) in [6.07, 6.45) is 5.18. The Hall–Kier alpha value is -0.580. The highest BCUT2D eigenvalue weighted by molar-refractivity contribution is 7.99. The summed E-state index contributed by atoms with van der Waals surface area (Å²) in [6, 6.07) is 9.07. The number of nitrogens with zero attached hydrogens (tertiary/aromatic N) is 1. The van der Waals surface area contributed by atoms with Crippen LogP contribution in [0.25, 0.3) is 10.2 Å². The molecular weight excluding hydrogens is 296 g/mol. The summed E-state index contributed by atoms with van der Waals surface area (Å²) in [5.74, 6) is 3.61. The van der Waals surface area contributed by atoms with Gasteiger partial charge in [-0.15, -0.1) is 11.3 Å². The Morgan fingerprint density at radius 3 is 2.86 bits per heavy atom. The number of benzene rings is 1. The average Bonchev–Trinajstić information content (AvgIpc) is 2.90. The molecule has 2 aromatic rings. The predicted molar refractivity (Wildman–Crippen MR) is 95.5 cm³/mol. The molecule has 1 saturated heterocycles. The molecule has 1 unspecified atom stereocenters. The summed E-state index contributed by atoms with van der Waals surface area (Å²) in [6.45, 7) is 3.26. The molecular formula is C17H24N2S2. The maximum atomic E-state index is 4.80. The number of hydrogen-bond donors (Lipinski definition) is 1. The van der Waals surface area contributed by atoms with Crippen LogP contribution in [-0.2, 0) is 6.42 Å². The molecule has 1 aliphatic rings. The van der Waals surface area contributed by atoms with Crippen molar-refractivity contribution >= 4 is 33.3 Å². The van der Waals surface area contributed by atoms with Gasteiger partial charge >= 0.3 is 0 Å². The first kappa shape index (κ1) is 15.3. The molecule has 1 aromatic carbocycles. The van der Waals surface area contributed by atoms with Crippen molar-refractivity contribution < 1.29 is 0 Å². The van der Waals surface area contributed by atoms with E-state index in [1.807, 2.05) is 11.3 Å². The zero-order chi connectivity index (χ0) is 14.5. The molecule has 0 radical (unpaired) electrons. The first-order valence-corrected chi connectivity index (χ1v) is 9.98. The number of para-hydroxylation sites is 1. The number of likely N-dealkylation sites (N-methyl/N-ethyl adjacent to an activating group) is 1. The van der Waals surface area contributed by atoms with E-state index in [2.05, 4.69) is 48.3 Å². The quantitative estimate of drug-likeness (QED) is 0.856. The second kappa shape index (κ2) is 7.61. The van der Waals surface area contributed by atoms with E-state index in [0.29, 0.717) is 6.04 Å². The lowest BCUT2D eigenvalue weighted by Crippen LogP contribution is -2.33. The molecule has 2 heterocycles. The molecule has 1 aromatic heterocycles. The van der Waals surface area contributed by atoms with Gasteiger partial charge in [0.2, 0.25) is 0 Å². The highest BCUT2D eigenvalue weighted by Gasteiger charge is 2.20. The number of thioether (sulfide) groups is 1. The Morgan fingerprint density at radius 1 is 1.29 bits per heavy atom. The fourth-order valence-corrected chi connectivity index (χ4v) is 5.38. The maximum Gasteiger partial charge on any atom is 0.0954 e. The van der Waals surface area contributed by atoms with Crippen molar-refractivity contribution in [3.05, 3.63) is 29.3 Å². The Kier molecular flexibility index (Phi) is 5.55. The van der Waals surface area contributed by atoms with Crippen molar-refractivity contribution in [2.24, 2.45) is 5.92 Å². The van der Waals surface area contributed by atoms with Gasteiger partial charge in [-0.05, 0) is 55.4 Å². The van der Waals surface area contributed by atoms with Crippen LogP contribution in [0.15, 0.2) is 24.3 Å². The molecule has 114 valence electrons. The summed E-state index contributed by atoms with van der Waals surface area (Å²) in [7, 11) is 0. The van der Waals surface area contributed by atoms with Crippen LogP contribution in [0.4, 0.5) is 0 Å². The van der Waals surface area contributed by atoms with E-state index in [-0.39, 0.29) is 0 Å². The SMILES string of the molecule is CCNC(Cc1nc2ccccc2s1)CC1CCSCC1. The van der Waals surface area contributed by atoms with E-state index in [1.165, 1.54) is 40.5 Å². The van der Waals surface area contributed by atoms with Crippen LogP contribution in [0.3, 0.4) is 0 Å². The molecule has 0 amide bonds. The van der Waals surface area contributed by atoms with Crippen LogP contribution in [0.1, 0.15) is 31.2 Å². The number of fused-ring (bicyclic) bond motifs is 1. The van der Waals surface area contributed by atoms with Crippen LogP contribution < -0.4 is 5.32 Å². The third-order valence-electron chi connectivity index (χ3n) is 4.21. The van der Waals surface area contributed by atoms with Crippen molar-refractivity contribution in [3.8, 4) is 0 Å². The highest BCUT2D eigenvalue weighted by atomic mass is 32.2. The maximum absolute atomic E-state index is 4.80. The average molecular weight is 321 g/mol. The molecule has 0 spiro atoms. The Bertz CT molecular complexity index is 528. The minimum absolute atomic E-state index is 0.587. The van der Waals surface area contributed by atoms with Crippen LogP contribution in [-0.4, -0.2) is 29.1 Å². The third-order valence-corrected chi connectivity index (χ3v) is 6.32. The highest BCUT2D eigenvalue weighted by Crippen LogP contribution is 2.28. The predicted octanol–water partition coefficient (Wildman–Crippen LogP) is 4.35. The number of nitrogens with one attached hydrogen (secondary N) is 1. The lowest BCUT2D eigenvalue weighted by molar-refractivity contribution is 0.366. The van der Waals surface area contributed by atoms with E-state index < -0.39 is 0 Å². The second-order valence-electron chi connectivity index (χ2n) is 5.83. The fraction of sp³-hybridized carbons (Fsp3) is 0.588. The van der Waals surface area contributed by atoms with Crippen molar-refractivity contribution in [3.63, 3.8) is 0 Å². The minimum atomic E-state index is 0.587. The first-order valence-electron chi connectivity index (χ1n) is 8.00. The topological polar surface area (TPSA) is 24.9 Å². The summed E-state index contributed by atoms with van der Waals surface area (Å²) < 4.78 is 1.32. The summed E-state index contributed by atoms with van der Waals surface area (Å²) >= 11 is 3.97. The van der Waals surface area contributed by atoms with E-state index in [9.17, 15) is 0 Å². The summed E-state index contributed by atoms with van der Waals surface area (Å²) in [4.78, 5) is 4.80. The molecule has 1 aliphatic heterocycles. The second-order valence-corrected chi connectivity index (χ2v) is 8.17. The molecule has 2 nitrogen and oxygen atoms in total. The number of hydrogen-bond acceptors (Lipinski definition) is 4. The smallest absolute Gasteiger partial charge is 0.0954 e. The van der Waals surface area contributed by atoms with E-state index >= 15 is 0 Å². The third kappa shape index (κ3) is 4.21. The van der Waals surface area contributed by atoms with E-state index in [0.717, 1.165) is 24.4 Å². The van der Waals surface area contributed by atoms with Gasteiger partial charge < -0.3 is 5.32 Å². The number of rotatable bonds is 6. The standard InChI is InChI=1S/C17H24N2S2/c1-2-18-14(11-13-7-9-20-10-8-13)12-17-19-15-5-3-4-6-16(15)21-17/h3-6,13-14,18H,2,7-12H2,1H3. The Labute approximate surface area is 135 Å².